The number of amides is 3. The number of likely N-dealkylation sites (tertiary alicyclic amines) is 2. The largest absolute Gasteiger partial charge is 0.480 e. The number of rotatable bonds is 8. The van der Waals surface area contributed by atoms with Gasteiger partial charge in [0.05, 0.1) is 46.2 Å². The standard InChI is InChI=1S/C38H44N6O6S/c1-22-10-12-30(44(19-22)37(47)34(46)41-26-17-28(33(39)45)35(49-4)40-18-26)25-11-13-31-29(16-25)42-36(51-31)32-23(2)20-43(3)15-14-27(32)38(48)50-21-24-8-6-5-7-9-24/h5-9,11,13,16-18,22-23,27,30,32H,10,12,14-15,19-21H2,1-4H3,(H2,39,45)(H,41,46)/t22-,23+,27?,30+,32-/m0/s1. The number of aromatic nitrogens is 2. The van der Waals surface area contributed by atoms with Crippen LogP contribution >= 0.6 is 11.3 Å². The molecule has 0 aliphatic carbocycles. The van der Waals surface area contributed by atoms with Crippen molar-refractivity contribution in [1.82, 2.24) is 19.8 Å². The van der Waals surface area contributed by atoms with Gasteiger partial charge in [0.25, 0.3) is 5.91 Å². The first kappa shape index (κ1) is 35.9. The normalized spacial score (nSPS) is 22.6. The molecule has 2 aromatic heterocycles. The maximum absolute atomic E-state index is 13.7. The predicted molar refractivity (Wildman–Crippen MR) is 194 cm³/mol. The van der Waals surface area contributed by atoms with Crippen molar-refractivity contribution >= 4 is 50.9 Å². The number of piperidine rings is 1. The molecule has 13 heteroatoms. The van der Waals surface area contributed by atoms with Crippen LogP contribution in [0.4, 0.5) is 5.69 Å². The number of benzene rings is 2. The van der Waals surface area contributed by atoms with Crippen LogP contribution in [0.5, 0.6) is 5.88 Å². The molecule has 2 fully saturated rings. The summed E-state index contributed by atoms with van der Waals surface area (Å²) in [5, 5.41) is 3.48. The Kier molecular flexibility index (Phi) is 11.0. The second-order valence-electron chi connectivity index (χ2n) is 13.8. The van der Waals surface area contributed by atoms with Crippen LogP contribution in [-0.2, 0) is 25.7 Å². The van der Waals surface area contributed by atoms with E-state index in [1.807, 2.05) is 48.5 Å². The van der Waals surface area contributed by atoms with Crippen molar-refractivity contribution in [2.45, 2.75) is 51.7 Å². The number of thiazole rings is 1. The Balaban J connectivity index is 1.24. The molecule has 6 rings (SSSR count). The molecule has 51 heavy (non-hydrogen) atoms. The fraction of sp³-hybridized carbons (Fsp3) is 0.421. The van der Waals surface area contributed by atoms with Crippen LogP contribution in [0, 0.1) is 17.8 Å². The molecule has 4 heterocycles. The second kappa shape index (κ2) is 15.6. The summed E-state index contributed by atoms with van der Waals surface area (Å²) in [5.74, 6) is -2.56. The maximum Gasteiger partial charge on any atom is 0.313 e. The number of anilines is 1. The lowest BCUT2D eigenvalue weighted by Gasteiger charge is -2.38. The molecular formula is C38H44N6O6S. The van der Waals surface area contributed by atoms with Crippen LogP contribution in [0.15, 0.2) is 60.8 Å². The van der Waals surface area contributed by atoms with Gasteiger partial charge in [-0.05, 0) is 74.0 Å². The van der Waals surface area contributed by atoms with E-state index in [4.69, 9.17) is 20.2 Å². The highest BCUT2D eigenvalue weighted by atomic mass is 32.1. The van der Waals surface area contributed by atoms with Crippen molar-refractivity contribution in [3.8, 4) is 5.88 Å². The Morgan fingerprint density at radius 3 is 2.55 bits per heavy atom. The van der Waals surface area contributed by atoms with Gasteiger partial charge in [0.1, 0.15) is 12.2 Å². The molecule has 12 nitrogen and oxygen atoms in total. The van der Waals surface area contributed by atoms with Gasteiger partial charge in [-0.1, -0.05) is 50.2 Å². The Morgan fingerprint density at radius 2 is 1.80 bits per heavy atom. The summed E-state index contributed by atoms with van der Waals surface area (Å²) in [6.45, 7) is 6.50. The molecule has 2 saturated heterocycles. The van der Waals surface area contributed by atoms with Crippen molar-refractivity contribution in [3.63, 3.8) is 0 Å². The Labute approximate surface area is 301 Å². The first-order valence-electron chi connectivity index (χ1n) is 17.3. The quantitative estimate of drug-likeness (QED) is 0.186. The number of hydrogen-bond acceptors (Lipinski definition) is 10. The zero-order chi connectivity index (χ0) is 36.2. The number of methoxy groups -OCH3 is 1. The van der Waals surface area contributed by atoms with Crippen molar-refractivity contribution in [1.29, 1.82) is 0 Å². The van der Waals surface area contributed by atoms with Gasteiger partial charge in [-0.15, -0.1) is 11.3 Å². The van der Waals surface area contributed by atoms with Gasteiger partial charge >= 0.3 is 17.8 Å². The third kappa shape index (κ3) is 8.04. The van der Waals surface area contributed by atoms with Gasteiger partial charge in [-0.3, -0.25) is 19.2 Å². The molecule has 2 aromatic carbocycles. The minimum Gasteiger partial charge on any atom is -0.480 e. The van der Waals surface area contributed by atoms with E-state index >= 15 is 0 Å². The molecule has 2 aliphatic heterocycles. The van der Waals surface area contributed by atoms with Gasteiger partial charge in [0.15, 0.2) is 0 Å². The molecule has 2 aliphatic rings. The molecular weight excluding hydrogens is 669 g/mol. The Bertz CT molecular complexity index is 1920. The number of ether oxygens (including phenoxy) is 2. The molecule has 3 amide bonds. The summed E-state index contributed by atoms with van der Waals surface area (Å²) >= 11 is 1.60. The van der Waals surface area contributed by atoms with E-state index < -0.39 is 17.7 Å². The van der Waals surface area contributed by atoms with E-state index in [9.17, 15) is 19.2 Å². The zero-order valence-electron chi connectivity index (χ0n) is 29.3. The molecule has 3 N–H and O–H groups in total. The van der Waals surface area contributed by atoms with E-state index in [1.54, 1.807) is 16.2 Å². The number of nitrogens with two attached hydrogens (primary N) is 1. The molecule has 0 saturated carbocycles. The van der Waals surface area contributed by atoms with E-state index in [0.717, 1.165) is 45.9 Å². The number of nitrogens with zero attached hydrogens (tertiary/aromatic N) is 4. The van der Waals surface area contributed by atoms with Gasteiger partial charge in [-0.2, -0.15) is 0 Å². The molecule has 5 atom stereocenters. The predicted octanol–water partition coefficient (Wildman–Crippen LogP) is 5.15. The Morgan fingerprint density at radius 1 is 1.02 bits per heavy atom. The number of carbonyl (C=O) groups excluding carboxylic acids is 4. The summed E-state index contributed by atoms with van der Waals surface area (Å²) in [5.41, 5.74) is 8.23. The van der Waals surface area contributed by atoms with Crippen LogP contribution in [-0.4, -0.2) is 77.3 Å². The highest BCUT2D eigenvalue weighted by molar-refractivity contribution is 7.18. The van der Waals surface area contributed by atoms with Crippen LogP contribution in [0.1, 0.15) is 71.6 Å². The van der Waals surface area contributed by atoms with Gasteiger partial charge in [-0.25, -0.2) is 9.97 Å². The average Bonchev–Trinajstić information content (AvgIpc) is 3.48. The number of nitrogens with one attached hydrogen (secondary N) is 1. The first-order valence-corrected chi connectivity index (χ1v) is 18.1. The molecule has 0 bridgehead atoms. The SMILES string of the molecule is COc1ncc(NC(=O)C(=O)N2C[C@@H](C)CC[C@@H]2c2ccc3sc([C@@H]4C(C(=O)OCc5ccccc5)CCN(C)C[C@H]4C)nc3c2)cc1C(N)=O. The third-order valence-corrected chi connectivity index (χ3v) is 11.1. The fourth-order valence-corrected chi connectivity index (χ4v) is 8.61. The zero-order valence-corrected chi connectivity index (χ0v) is 30.2. The minimum atomic E-state index is -0.842. The molecule has 4 aromatic rings. The number of fused-ring (bicyclic) bond motifs is 1. The Hall–Kier alpha value is -4.88. The highest BCUT2D eigenvalue weighted by Gasteiger charge is 2.40. The smallest absolute Gasteiger partial charge is 0.313 e. The monoisotopic (exact) mass is 712 g/mol. The van der Waals surface area contributed by atoms with Gasteiger partial charge in [0, 0.05) is 19.0 Å². The van der Waals surface area contributed by atoms with Crippen molar-refractivity contribution < 1.29 is 28.7 Å². The number of pyridine rings is 1. The van der Waals surface area contributed by atoms with Crippen molar-refractivity contribution in [2.24, 2.45) is 23.5 Å². The van der Waals surface area contributed by atoms with E-state index in [-0.39, 0.29) is 59.4 Å². The topological polar surface area (TPSA) is 157 Å². The lowest BCUT2D eigenvalue weighted by molar-refractivity contribution is -0.151. The van der Waals surface area contributed by atoms with Crippen LogP contribution in [0.2, 0.25) is 0 Å². The van der Waals surface area contributed by atoms with Crippen LogP contribution in [0.25, 0.3) is 10.2 Å². The second-order valence-corrected chi connectivity index (χ2v) is 14.9. The number of esters is 1. The summed E-state index contributed by atoms with van der Waals surface area (Å²) in [6, 6.07) is 16.8. The minimum absolute atomic E-state index is 0.0104. The number of hydrogen-bond donors (Lipinski definition) is 2. The molecule has 0 radical (unpaired) electrons. The number of carbonyl (C=O) groups is 4. The van der Waals surface area contributed by atoms with E-state index in [2.05, 4.69) is 36.1 Å². The molecule has 1 unspecified atom stereocenters. The summed E-state index contributed by atoms with van der Waals surface area (Å²) in [6.07, 6.45) is 3.55. The number of primary amides is 1. The lowest BCUT2D eigenvalue weighted by Crippen LogP contribution is -2.46. The van der Waals surface area contributed by atoms with E-state index in [0.29, 0.717) is 19.4 Å². The van der Waals surface area contributed by atoms with E-state index in [1.165, 1.54) is 19.4 Å². The molecule has 0 spiro atoms. The summed E-state index contributed by atoms with van der Waals surface area (Å²) in [7, 11) is 3.44. The lowest BCUT2D eigenvalue weighted by atomic mass is 9.82. The first-order chi connectivity index (χ1) is 24.5. The summed E-state index contributed by atoms with van der Waals surface area (Å²) < 4.78 is 11.9. The average molecular weight is 713 g/mol. The molecule has 268 valence electrons. The van der Waals surface area contributed by atoms with Crippen molar-refractivity contribution in [3.05, 3.63) is 82.5 Å². The summed E-state index contributed by atoms with van der Waals surface area (Å²) in [4.78, 5) is 65.6. The highest BCUT2D eigenvalue weighted by Crippen LogP contribution is 2.42. The van der Waals surface area contributed by atoms with Crippen LogP contribution < -0.4 is 15.8 Å². The van der Waals surface area contributed by atoms with Gasteiger partial charge < -0.3 is 30.3 Å². The van der Waals surface area contributed by atoms with Gasteiger partial charge in [0.2, 0.25) is 5.88 Å². The van der Waals surface area contributed by atoms with Crippen LogP contribution in [0.3, 0.4) is 0 Å². The third-order valence-electron chi connectivity index (χ3n) is 9.93. The fourth-order valence-electron chi connectivity index (χ4n) is 7.36. The maximum atomic E-state index is 13.7. The van der Waals surface area contributed by atoms with Crippen molar-refractivity contribution in [2.75, 3.05) is 39.1 Å².